The van der Waals surface area contributed by atoms with Crippen LogP contribution in [0.15, 0.2) is 24.3 Å². The summed E-state index contributed by atoms with van der Waals surface area (Å²) in [4.78, 5) is 10.9. The molecule has 0 amide bonds. The molecule has 1 heterocycles. The van der Waals surface area contributed by atoms with Gasteiger partial charge in [-0.2, -0.15) is 0 Å². The summed E-state index contributed by atoms with van der Waals surface area (Å²) in [7, 11) is 0. The summed E-state index contributed by atoms with van der Waals surface area (Å²) in [5.74, 6) is 0. The second kappa shape index (κ2) is 7.75. The van der Waals surface area contributed by atoms with E-state index in [1.807, 2.05) is 0 Å². The molecule has 2 N–H and O–H groups in total. The Bertz CT molecular complexity index is 491. The molecule has 1 spiro atoms. The lowest BCUT2D eigenvalue weighted by Crippen LogP contribution is -2.46. The van der Waals surface area contributed by atoms with Gasteiger partial charge in [-0.05, 0) is 44.7 Å². The first kappa shape index (κ1) is 17.0. The van der Waals surface area contributed by atoms with Gasteiger partial charge >= 0.3 is 0 Å². The second-order valence-electron chi connectivity index (χ2n) is 6.68. The van der Waals surface area contributed by atoms with Crippen LogP contribution in [-0.4, -0.2) is 40.8 Å². The van der Waals surface area contributed by atoms with E-state index in [1.54, 1.807) is 0 Å². The minimum absolute atomic E-state index is 0.0622. The molecule has 22 heavy (non-hydrogen) atoms. The molecule has 1 saturated carbocycles. The van der Waals surface area contributed by atoms with Crippen LogP contribution in [0.4, 0.5) is 0 Å². The molecule has 4 nitrogen and oxygen atoms in total. The van der Waals surface area contributed by atoms with Crippen molar-refractivity contribution < 1.29 is 15.0 Å². The van der Waals surface area contributed by atoms with Crippen LogP contribution in [0.25, 0.3) is 0 Å². The molecule has 4 heteroatoms. The first-order valence-electron chi connectivity index (χ1n) is 8.13. The summed E-state index contributed by atoms with van der Waals surface area (Å²) in [6.45, 7) is 5.21. The maximum absolute atomic E-state index is 10.3. The molecule has 1 aromatic carbocycles. The lowest BCUT2D eigenvalue weighted by molar-refractivity contribution is -0.122. The van der Waals surface area contributed by atoms with Crippen LogP contribution in [-0.2, 0) is 11.3 Å². The Balaban J connectivity index is 0.000000545. The summed E-state index contributed by atoms with van der Waals surface area (Å²) in [5.41, 5.74) is 2.96. The first-order valence-corrected chi connectivity index (χ1v) is 8.13. The highest BCUT2D eigenvalue weighted by Gasteiger charge is 2.44. The van der Waals surface area contributed by atoms with E-state index >= 15 is 0 Å². The molecule has 1 aromatic rings. The number of carboxylic acid groups (broad SMARTS) is 1. The van der Waals surface area contributed by atoms with Crippen LogP contribution in [0.5, 0.6) is 0 Å². The van der Waals surface area contributed by atoms with Crippen LogP contribution in [0.1, 0.15) is 43.2 Å². The maximum Gasteiger partial charge on any atom is 0.290 e. The van der Waals surface area contributed by atoms with Crippen molar-refractivity contribution in [2.75, 3.05) is 13.1 Å². The van der Waals surface area contributed by atoms with E-state index in [4.69, 9.17) is 9.90 Å². The Morgan fingerprint density at radius 1 is 1.36 bits per heavy atom. The molecule has 0 radical (unpaired) electrons. The van der Waals surface area contributed by atoms with Gasteiger partial charge in [0.1, 0.15) is 0 Å². The molecule has 3 rings (SSSR count). The fraction of sp³-hybridized carbons (Fsp3) is 0.611. The zero-order chi connectivity index (χ0) is 16.0. The number of benzene rings is 1. The van der Waals surface area contributed by atoms with Crippen molar-refractivity contribution in [3.63, 3.8) is 0 Å². The van der Waals surface area contributed by atoms with Crippen molar-refractivity contribution >= 4 is 6.47 Å². The number of carbonyl (C=O) groups is 1. The van der Waals surface area contributed by atoms with Crippen molar-refractivity contribution in [2.24, 2.45) is 5.41 Å². The molecule has 0 aromatic heterocycles. The van der Waals surface area contributed by atoms with Crippen molar-refractivity contribution in [2.45, 2.75) is 51.7 Å². The predicted molar refractivity (Wildman–Crippen MR) is 86.7 cm³/mol. The van der Waals surface area contributed by atoms with Crippen LogP contribution >= 0.6 is 0 Å². The van der Waals surface area contributed by atoms with E-state index < -0.39 is 0 Å². The van der Waals surface area contributed by atoms with Crippen molar-refractivity contribution in [3.05, 3.63) is 35.4 Å². The Hall–Kier alpha value is -1.39. The van der Waals surface area contributed by atoms with Gasteiger partial charge < -0.3 is 10.2 Å². The monoisotopic (exact) mass is 305 g/mol. The molecule has 1 aliphatic carbocycles. The number of hydrogen-bond acceptors (Lipinski definition) is 3. The standard InChI is InChI=1S/C17H25NO.CH2O2/c1-14-5-2-6-15(11-14)12-18-10-4-9-17(13-18)8-3-7-16(17)19;2-1-3/h2,5-6,11,16,19H,3-4,7-10,12-13H2,1H3;1H,(H,2,3)/t16-,17-;/m1./s1. The highest BCUT2D eigenvalue weighted by molar-refractivity contribution is 5.32. The Kier molecular flexibility index (Phi) is 5.98. The summed E-state index contributed by atoms with van der Waals surface area (Å²) in [6.07, 6.45) is 5.84. The topological polar surface area (TPSA) is 60.8 Å². The van der Waals surface area contributed by atoms with E-state index in [1.165, 1.54) is 43.4 Å². The summed E-state index contributed by atoms with van der Waals surface area (Å²) < 4.78 is 0. The third-order valence-electron chi connectivity index (χ3n) is 5.04. The summed E-state index contributed by atoms with van der Waals surface area (Å²) in [5, 5.41) is 17.2. The number of rotatable bonds is 2. The Morgan fingerprint density at radius 3 is 2.73 bits per heavy atom. The average molecular weight is 305 g/mol. The largest absolute Gasteiger partial charge is 0.483 e. The number of aliphatic hydroxyl groups excluding tert-OH is 1. The highest BCUT2D eigenvalue weighted by atomic mass is 16.3. The lowest BCUT2D eigenvalue weighted by atomic mass is 9.76. The predicted octanol–water partition coefficient (Wildman–Crippen LogP) is 2.82. The summed E-state index contributed by atoms with van der Waals surface area (Å²) >= 11 is 0. The molecule has 122 valence electrons. The Morgan fingerprint density at radius 2 is 2.09 bits per heavy atom. The van der Waals surface area contributed by atoms with Gasteiger partial charge in [0, 0.05) is 18.5 Å². The van der Waals surface area contributed by atoms with Gasteiger partial charge in [0.2, 0.25) is 0 Å². The quantitative estimate of drug-likeness (QED) is 0.825. The van der Waals surface area contributed by atoms with Gasteiger partial charge in [0.05, 0.1) is 6.10 Å². The molecule has 2 atom stereocenters. The minimum Gasteiger partial charge on any atom is -0.483 e. The van der Waals surface area contributed by atoms with E-state index in [0.29, 0.717) is 0 Å². The zero-order valence-electron chi connectivity index (χ0n) is 13.4. The normalized spacial score (nSPS) is 28.2. The van der Waals surface area contributed by atoms with Crippen LogP contribution in [0, 0.1) is 12.3 Å². The molecule has 0 bridgehead atoms. The Labute approximate surface area is 132 Å². The number of hydrogen-bond donors (Lipinski definition) is 2. The average Bonchev–Trinajstić information content (AvgIpc) is 2.80. The van der Waals surface area contributed by atoms with Crippen LogP contribution < -0.4 is 0 Å². The third-order valence-corrected chi connectivity index (χ3v) is 5.04. The molecule has 2 fully saturated rings. The van der Waals surface area contributed by atoms with E-state index in [2.05, 4.69) is 36.1 Å². The van der Waals surface area contributed by atoms with E-state index in [9.17, 15) is 5.11 Å². The van der Waals surface area contributed by atoms with E-state index in [0.717, 1.165) is 19.5 Å². The summed E-state index contributed by atoms with van der Waals surface area (Å²) in [6, 6.07) is 8.81. The van der Waals surface area contributed by atoms with Gasteiger partial charge in [-0.1, -0.05) is 36.2 Å². The van der Waals surface area contributed by atoms with Gasteiger partial charge in [-0.3, -0.25) is 9.69 Å². The van der Waals surface area contributed by atoms with Crippen molar-refractivity contribution in [1.29, 1.82) is 0 Å². The first-order chi connectivity index (χ1) is 10.6. The second-order valence-corrected chi connectivity index (χ2v) is 6.68. The fourth-order valence-corrected chi connectivity index (χ4v) is 4.06. The SMILES string of the molecule is Cc1cccc(CN2CCC[C@]3(CCC[C@H]3O)C2)c1.O=CO. The third kappa shape index (κ3) is 4.08. The molecular weight excluding hydrogens is 278 g/mol. The van der Waals surface area contributed by atoms with Crippen molar-refractivity contribution in [1.82, 2.24) is 4.90 Å². The number of nitrogens with zero attached hydrogens (tertiary/aromatic N) is 1. The van der Waals surface area contributed by atoms with Crippen LogP contribution in [0.2, 0.25) is 0 Å². The van der Waals surface area contributed by atoms with E-state index in [-0.39, 0.29) is 18.0 Å². The highest BCUT2D eigenvalue weighted by Crippen LogP contribution is 2.45. The van der Waals surface area contributed by atoms with Crippen molar-refractivity contribution in [3.8, 4) is 0 Å². The number of piperidine rings is 1. The molecule has 2 aliphatic rings. The van der Waals surface area contributed by atoms with Gasteiger partial charge in [-0.25, -0.2) is 0 Å². The molecule has 1 saturated heterocycles. The number of likely N-dealkylation sites (tertiary alicyclic amines) is 1. The lowest BCUT2D eigenvalue weighted by Gasteiger charge is -2.42. The fourth-order valence-electron chi connectivity index (χ4n) is 4.06. The number of aliphatic hydroxyl groups is 1. The zero-order valence-corrected chi connectivity index (χ0v) is 13.4. The molecule has 1 aliphatic heterocycles. The van der Waals surface area contributed by atoms with Gasteiger partial charge in [0.25, 0.3) is 6.47 Å². The number of aryl methyl sites for hydroxylation is 1. The maximum atomic E-state index is 10.3. The minimum atomic E-state index is -0.250. The van der Waals surface area contributed by atoms with Gasteiger partial charge in [0.15, 0.2) is 0 Å². The smallest absolute Gasteiger partial charge is 0.290 e. The molecular formula is C18H27NO3. The molecule has 0 unspecified atom stereocenters. The van der Waals surface area contributed by atoms with Gasteiger partial charge in [-0.15, -0.1) is 0 Å². The van der Waals surface area contributed by atoms with Crippen LogP contribution in [0.3, 0.4) is 0 Å².